The SMILES string of the molecule is Cc1ccc2c(N)c(C(=O)NCCc3ccc(N4CC5CCC(C4)N5)cc3Cl)sc2n1. The molecular formula is C23H26ClN5OS. The quantitative estimate of drug-likeness (QED) is 0.545. The predicted octanol–water partition coefficient (Wildman–Crippen LogP) is 3.75. The zero-order valence-electron chi connectivity index (χ0n) is 17.5. The van der Waals surface area contributed by atoms with Gasteiger partial charge < -0.3 is 21.3 Å². The highest BCUT2D eigenvalue weighted by atomic mass is 35.5. The number of hydrogen-bond acceptors (Lipinski definition) is 6. The molecular weight excluding hydrogens is 430 g/mol. The van der Waals surface area contributed by atoms with Crippen molar-refractivity contribution >= 4 is 50.4 Å². The number of thiophene rings is 1. The number of aryl methyl sites for hydroxylation is 1. The zero-order chi connectivity index (χ0) is 21.5. The number of rotatable bonds is 5. The number of benzene rings is 1. The molecule has 2 atom stereocenters. The summed E-state index contributed by atoms with van der Waals surface area (Å²) in [6, 6.07) is 11.3. The van der Waals surface area contributed by atoms with Gasteiger partial charge in [0.15, 0.2) is 0 Å². The number of nitrogens with zero attached hydrogens (tertiary/aromatic N) is 2. The smallest absolute Gasteiger partial charge is 0.263 e. The molecule has 2 fully saturated rings. The number of nitrogens with two attached hydrogens (primary N) is 1. The molecule has 2 aliphatic rings. The monoisotopic (exact) mass is 455 g/mol. The van der Waals surface area contributed by atoms with Crippen LogP contribution in [0.3, 0.4) is 0 Å². The molecule has 5 rings (SSSR count). The lowest BCUT2D eigenvalue weighted by molar-refractivity contribution is 0.0959. The first-order valence-corrected chi connectivity index (χ1v) is 11.9. The van der Waals surface area contributed by atoms with E-state index in [0.717, 1.165) is 39.6 Å². The van der Waals surface area contributed by atoms with Crippen molar-refractivity contribution in [2.24, 2.45) is 0 Å². The Kier molecular flexibility index (Phi) is 5.50. The number of nitrogens with one attached hydrogen (secondary N) is 2. The summed E-state index contributed by atoms with van der Waals surface area (Å²) in [5.41, 5.74) is 9.81. The first-order valence-electron chi connectivity index (χ1n) is 10.7. The highest BCUT2D eigenvalue weighted by Gasteiger charge is 2.32. The summed E-state index contributed by atoms with van der Waals surface area (Å²) in [6.45, 7) is 4.49. The number of fused-ring (bicyclic) bond motifs is 3. The van der Waals surface area contributed by atoms with Gasteiger partial charge in [-0.15, -0.1) is 11.3 Å². The van der Waals surface area contributed by atoms with Gasteiger partial charge in [0.2, 0.25) is 0 Å². The van der Waals surface area contributed by atoms with Crippen LogP contribution in [0, 0.1) is 6.92 Å². The fraction of sp³-hybridized carbons (Fsp3) is 0.391. The minimum Gasteiger partial charge on any atom is -0.397 e. The molecule has 2 aromatic heterocycles. The van der Waals surface area contributed by atoms with E-state index in [1.54, 1.807) is 0 Å². The molecule has 2 bridgehead atoms. The van der Waals surface area contributed by atoms with E-state index in [0.29, 0.717) is 35.6 Å². The fourth-order valence-corrected chi connectivity index (χ4v) is 5.92. The average Bonchev–Trinajstić information content (AvgIpc) is 3.26. The molecule has 1 amide bonds. The van der Waals surface area contributed by atoms with E-state index in [2.05, 4.69) is 38.7 Å². The molecule has 162 valence electrons. The third-order valence-electron chi connectivity index (χ3n) is 6.24. The third kappa shape index (κ3) is 4.10. The van der Waals surface area contributed by atoms with Gasteiger partial charge in [-0.1, -0.05) is 17.7 Å². The summed E-state index contributed by atoms with van der Waals surface area (Å²) in [5.74, 6) is -0.165. The number of amides is 1. The summed E-state index contributed by atoms with van der Waals surface area (Å²) in [7, 11) is 0. The molecule has 2 unspecified atom stereocenters. The van der Waals surface area contributed by atoms with Crippen LogP contribution in [0.1, 0.15) is 33.8 Å². The lowest BCUT2D eigenvalue weighted by Crippen LogP contribution is -2.51. The van der Waals surface area contributed by atoms with E-state index in [-0.39, 0.29) is 5.91 Å². The van der Waals surface area contributed by atoms with Crippen molar-refractivity contribution < 1.29 is 4.79 Å². The second kappa shape index (κ2) is 8.30. The molecule has 0 aliphatic carbocycles. The van der Waals surface area contributed by atoms with Gasteiger partial charge in [-0.05, 0) is 56.0 Å². The lowest BCUT2D eigenvalue weighted by atomic mass is 10.1. The molecule has 31 heavy (non-hydrogen) atoms. The number of hydrogen-bond donors (Lipinski definition) is 3. The number of pyridine rings is 1. The second-order valence-corrected chi connectivity index (χ2v) is 9.88. The van der Waals surface area contributed by atoms with Gasteiger partial charge in [0.25, 0.3) is 5.91 Å². The molecule has 0 spiro atoms. The fourth-order valence-electron chi connectivity index (χ4n) is 4.59. The Morgan fingerprint density at radius 2 is 2.06 bits per heavy atom. The summed E-state index contributed by atoms with van der Waals surface area (Å²) >= 11 is 7.92. The van der Waals surface area contributed by atoms with Gasteiger partial charge in [0.05, 0.1) is 5.69 Å². The van der Waals surface area contributed by atoms with Crippen molar-refractivity contribution in [3.8, 4) is 0 Å². The number of carbonyl (C=O) groups excluding carboxylic acids is 1. The largest absolute Gasteiger partial charge is 0.397 e. The van der Waals surface area contributed by atoms with Gasteiger partial charge in [-0.2, -0.15) is 0 Å². The van der Waals surface area contributed by atoms with E-state index in [4.69, 9.17) is 17.3 Å². The Morgan fingerprint density at radius 1 is 1.29 bits per heavy atom. The molecule has 2 saturated heterocycles. The van der Waals surface area contributed by atoms with Gasteiger partial charge in [-0.3, -0.25) is 4.79 Å². The Balaban J connectivity index is 1.21. The maximum absolute atomic E-state index is 12.7. The van der Waals surface area contributed by atoms with Gasteiger partial charge >= 0.3 is 0 Å². The predicted molar refractivity (Wildman–Crippen MR) is 128 cm³/mol. The molecule has 4 N–H and O–H groups in total. The molecule has 0 saturated carbocycles. The van der Waals surface area contributed by atoms with Gasteiger partial charge in [0.1, 0.15) is 9.71 Å². The van der Waals surface area contributed by atoms with Crippen LogP contribution < -0.4 is 21.3 Å². The standard InChI is InChI=1S/C23H26ClN5OS/c1-13-2-7-18-20(25)21(31-23(18)27-13)22(30)26-9-8-14-3-6-17(10-19(14)24)29-11-15-4-5-16(12-29)28-15/h2-3,6-7,10,15-16,28H,4-5,8-9,11-12,25H2,1H3,(H,26,30). The number of aromatic nitrogens is 1. The summed E-state index contributed by atoms with van der Waals surface area (Å²) in [6.07, 6.45) is 3.18. The second-order valence-electron chi connectivity index (χ2n) is 8.47. The van der Waals surface area contributed by atoms with E-state index in [1.165, 1.54) is 29.9 Å². The maximum atomic E-state index is 12.7. The van der Waals surface area contributed by atoms with E-state index in [1.807, 2.05) is 19.1 Å². The first-order chi connectivity index (χ1) is 15.0. The summed E-state index contributed by atoms with van der Waals surface area (Å²) < 4.78 is 0. The number of nitrogen functional groups attached to an aromatic ring is 1. The van der Waals surface area contributed by atoms with Crippen LogP contribution in [0.2, 0.25) is 5.02 Å². The third-order valence-corrected chi connectivity index (χ3v) is 7.70. The normalized spacial score (nSPS) is 20.4. The number of anilines is 2. The van der Waals surface area contributed by atoms with Crippen molar-refractivity contribution in [1.29, 1.82) is 0 Å². The Bertz CT molecular complexity index is 1130. The Labute approximate surface area is 190 Å². The topological polar surface area (TPSA) is 83.3 Å². The van der Waals surface area contributed by atoms with Crippen LogP contribution in [0.4, 0.5) is 11.4 Å². The van der Waals surface area contributed by atoms with Crippen LogP contribution in [-0.4, -0.2) is 42.6 Å². The molecule has 6 nitrogen and oxygen atoms in total. The van der Waals surface area contributed by atoms with Gasteiger partial charge in [0, 0.05) is 53.5 Å². The lowest BCUT2D eigenvalue weighted by Gasteiger charge is -2.34. The average molecular weight is 456 g/mol. The summed E-state index contributed by atoms with van der Waals surface area (Å²) in [5, 5.41) is 8.21. The molecule has 8 heteroatoms. The van der Waals surface area contributed by atoms with E-state index < -0.39 is 0 Å². The molecule has 3 aromatic rings. The van der Waals surface area contributed by atoms with Gasteiger partial charge in [-0.25, -0.2) is 4.98 Å². The Hall–Kier alpha value is -2.35. The van der Waals surface area contributed by atoms with Crippen molar-refractivity contribution in [1.82, 2.24) is 15.6 Å². The zero-order valence-corrected chi connectivity index (χ0v) is 19.0. The molecule has 0 radical (unpaired) electrons. The van der Waals surface area contributed by atoms with E-state index >= 15 is 0 Å². The minimum atomic E-state index is -0.165. The van der Waals surface area contributed by atoms with Crippen molar-refractivity contribution in [3.05, 3.63) is 51.5 Å². The summed E-state index contributed by atoms with van der Waals surface area (Å²) in [4.78, 5) is 20.9. The minimum absolute atomic E-state index is 0.165. The van der Waals surface area contributed by atoms with E-state index in [9.17, 15) is 4.79 Å². The number of carbonyl (C=O) groups is 1. The first kappa shape index (κ1) is 20.5. The maximum Gasteiger partial charge on any atom is 0.263 e. The highest BCUT2D eigenvalue weighted by Crippen LogP contribution is 2.32. The molecule has 1 aromatic carbocycles. The van der Waals surface area contributed by atoms with Crippen molar-refractivity contribution in [2.45, 2.75) is 38.3 Å². The highest BCUT2D eigenvalue weighted by molar-refractivity contribution is 7.21. The van der Waals surface area contributed by atoms with Crippen molar-refractivity contribution in [3.63, 3.8) is 0 Å². The van der Waals surface area contributed by atoms with Crippen LogP contribution in [0.5, 0.6) is 0 Å². The van der Waals surface area contributed by atoms with Crippen LogP contribution in [-0.2, 0) is 6.42 Å². The van der Waals surface area contributed by atoms with Crippen LogP contribution >= 0.6 is 22.9 Å². The Morgan fingerprint density at radius 3 is 2.81 bits per heavy atom. The molecule has 2 aliphatic heterocycles. The van der Waals surface area contributed by atoms with Crippen LogP contribution in [0.25, 0.3) is 10.2 Å². The number of halogens is 1. The van der Waals surface area contributed by atoms with Crippen LogP contribution in [0.15, 0.2) is 30.3 Å². The molecule has 4 heterocycles. The van der Waals surface area contributed by atoms with Crippen molar-refractivity contribution in [2.75, 3.05) is 30.3 Å². The number of piperazine rings is 1.